The number of para-hydroxylation sites is 3. The van der Waals surface area contributed by atoms with Gasteiger partial charge in [-0.25, -0.2) is 0 Å². The maximum Gasteiger partial charge on any atom is 0.175 e. The second-order valence-corrected chi connectivity index (χ2v) is 4.40. The summed E-state index contributed by atoms with van der Waals surface area (Å²) in [7, 11) is 1.65. The first kappa shape index (κ1) is 13.1. The SMILES string of the molecule is COc1ccccc1NCc1nnnn1-c1ccccc1. The topological polar surface area (TPSA) is 64.9 Å². The van der Waals surface area contributed by atoms with Crippen LogP contribution >= 0.6 is 0 Å². The van der Waals surface area contributed by atoms with Crippen molar-refractivity contribution in [3.8, 4) is 11.4 Å². The number of ether oxygens (including phenoxy) is 1. The van der Waals surface area contributed by atoms with Crippen LogP contribution in [0.5, 0.6) is 5.75 Å². The average molecular weight is 281 g/mol. The van der Waals surface area contributed by atoms with E-state index in [0.717, 1.165) is 22.9 Å². The molecule has 0 saturated carbocycles. The van der Waals surface area contributed by atoms with Crippen molar-refractivity contribution in [3.63, 3.8) is 0 Å². The fraction of sp³-hybridized carbons (Fsp3) is 0.133. The quantitative estimate of drug-likeness (QED) is 0.777. The second kappa shape index (κ2) is 6.04. The molecule has 0 aliphatic rings. The van der Waals surface area contributed by atoms with E-state index in [2.05, 4.69) is 20.8 Å². The number of methoxy groups -OCH3 is 1. The number of aromatic nitrogens is 4. The van der Waals surface area contributed by atoms with E-state index in [4.69, 9.17) is 4.74 Å². The van der Waals surface area contributed by atoms with Crippen LogP contribution < -0.4 is 10.1 Å². The number of rotatable bonds is 5. The van der Waals surface area contributed by atoms with Crippen molar-refractivity contribution in [3.05, 3.63) is 60.4 Å². The molecule has 0 unspecified atom stereocenters. The summed E-state index contributed by atoms with van der Waals surface area (Å²) >= 11 is 0. The van der Waals surface area contributed by atoms with Crippen LogP contribution in [0.4, 0.5) is 5.69 Å². The molecule has 6 nitrogen and oxygen atoms in total. The van der Waals surface area contributed by atoms with E-state index in [1.807, 2.05) is 54.6 Å². The zero-order chi connectivity index (χ0) is 14.5. The number of hydrogen-bond acceptors (Lipinski definition) is 5. The zero-order valence-corrected chi connectivity index (χ0v) is 11.6. The van der Waals surface area contributed by atoms with Gasteiger partial charge in [-0.05, 0) is 34.7 Å². The molecule has 6 heteroatoms. The molecule has 3 aromatic rings. The van der Waals surface area contributed by atoms with Crippen molar-refractivity contribution in [2.75, 3.05) is 12.4 Å². The van der Waals surface area contributed by atoms with Crippen LogP contribution in [0.15, 0.2) is 54.6 Å². The lowest BCUT2D eigenvalue weighted by atomic mass is 10.3. The Morgan fingerprint density at radius 2 is 1.81 bits per heavy atom. The standard InChI is InChI=1S/C15H15N5O/c1-21-14-10-6-5-9-13(14)16-11-15-17-18-19-20(15)12-7-3-2-4-8-12/h2-10,16H,11H2,1H3. The number of anilines is 1. The number of hydrogen-bond donors (Lipinski definition) is 1. The van der Waals surface area contributed by atoms with Crippen LogP contribution in [0.1, 0.15) is 5.82 Å². The summed E-state index contributed by atoms with van der Waals surface area (Å²) < 4.78 is 7.02. The summed E-state index contributed by atoms with van der Waals surface area (Å²) in [5.41, 5.74) is 1.84. The molecule has 0 radical (unpaired) electrons. The summed E-state index contributed by atoms with van der Waals surface area (Å²) in [5.74, 6) is 1.52. The molecule has 0 fully saturated rings. The van der Waals surface area contributed by atoms with E-state index >= 15 is 0 Å². The molecule has 0 aliphatic carbocycles. The van der Waals surface area contributed by atoms with Crippen molar-refractivity contribution in [2.45, 2.75) is 6.54 Å². The maximum atomic E-state index is 5.31. The highest BCUT2D eigenvalue weighted by atomic mass is 16.5. The Bertz CT molecular complexity index is 711. The van der Waals surface area contributed by atoms with Crippen molar-refractivity contribution < 1.29 is 4.74 Å². The van der Waals surface area contributed by atoms with Gasteiger partial charge < -0.3 is 10.1 Å². The molecule has 1 heterocycles. The minimum atomic E-state index is 0.502. The Labute approximate surface area is 122 Å². The van der Waals surface area contributed by atoms with Gasteiger partial charge in [-0.15, -0.1) is 5.10 Å². The molecule has 0 bridgehead atoms. The maximum absolute atomic E-state index is 5.31. The molecule has 0 aliphatic heterocycles. The number of nitrogens with zero attached hydrogens (tertiary/aromatic N) is 4. The van der Waals surface area contributed by atoms with Crippen LogP contribution in [-0.4, -0.2) is 27.3 Å². The Hall–Kier alpha value is -2.89. The smallest absolute Gasteiger partial charge is 0.175 e. The summed E-state index contributed by atoms with van der Waals surface area (Å²) in [5, 5.41) is 15.1. The third-order valence-corrected chi connectivity index (χ3v) is 3.08. The van der Waals surface area contributed by atoms with Gasteiger partial charge in [0.15, 0.2) is 5.82 Å². The fourth-order valence-electron chi connectivity index (χ4n) is 2.05. The molecule has 0 atom stereocenters. The third kappa shape index (κ3) is 2.84. The predicted octanol–water partition coefficient (Wildman–Crippen LogP) is 2.28. The Morgan fingerprint density at radius 3 is 2.62 bits per heavy atom. The monoisotopic (exact) mass is 281 g/mol. The molecule has 2 aromatic carbocycles. The zero-order valence-electron chi connectivity index (χ0n) is 11.6. The Balaban J connectivity index is 1.79. The average Bonchev–Trinajstić information content (AvgIpc) is 3.02. The predicted molar refractivity (Wildman–Crippen MR) is 79.5 cm³/mol. The highest BCUT2D eigenvalue weighted by Gasteiger charge is 2.08. The summed E-state index contributed by atoms with van der Waals surface area (Å²) in [4.78, 5) is 0. The summed E-state index contributed by atoms with van der Waals surface area (Å²) in [6, 6.07) is 17.5. The first-order valence-corrected chi connectivity index (χ1v) is 6.58. The molecule has 3 rings (SSSR count). The van der Waals surface area contributed by atoms with E-state index in [1.165, 1.54) is 0 Å². The molecule has 106 valence electrons. The van der Waals surface area contributed by atoms with Gasteiger partial charge in [0.25, 0.3) is 0 Å². The lowest BCUT2D eigenvalue weighted by Gasteiger charge is -2.10. The molecule has 1 aromatic heterocycles. The van der Waals surface area contributed by atoms with Gasteiger partial charge in [0.1, 0.15) is 5.75 Å². The van der Waals surface area contributed by atoms with Crippen molar-refractivity contribution >= 4 is 5.69 Å². The van der Waals surface area contributed by atoms with Crippen molar-refractivity contribution in [1.29, 1.82) is 0 Å². The second-order valence-electron chi connectivity index (χ2n) is 4.40. The normalized spacial score (nSPS) is 10.3. The van der Waals surface area contributed by atoms with E-state index in [9.17, 15) is 0 Å². The van der Waals surface area contributed by atoms with Gasteiger partial charge in [-0.2, -0.15) is 4.68 Å². The van der Waals surface area contributed by atoms with Gasteiger partial charge in [0, 0.05) is 0 Å². The molecule has 0 spiro atoms. The number of benzene rings is 2. The van der Waals surface area contributed by atoms with Crippen LogP contribution in [0, 0.1) is 0 Å². The molecule has 0 saturated heterocycles. The molecule has 21 heavy (non-hydrogen) atoms. The third-order valence-electron chi connectivity index (χ3n) is 3.08. The highest BCUT2D eigenvalue weighted by Crippen LogP contribution is 2.23. The summed E-state index contributed by atoms with van der Waals surface area (Å²) in [6.07, 6.45) is 0. The van der Waals surface area contributed by atoms with E-state index < -0.39 is 0 Å². The van der Waals surface area contributed by atoms with Gasteiger partial charge in [-0.1, -0.05) is 30.3 Å². The van der Waals surface area contributed by atoms with Crippen molar-refractivity contribution in [1.82, 2.24) is 20.2 Å². The summed E-state index contributed by atoms with van der Waals surface area (Å²) in [6.45, 7) is 0.502. The van der Waals surface area contributed by atoms with E-state index in [1.54, 1.807) is 11.8 Å². The molecular formula is C15H15N5O. The Kier molecular flexibility index (Phi) is 3.77. The highest BCUT2D eigenvalue weighted by molar-refractivity contribution is 5.56. The van der Waals surface area contributed by atoms with Gasteiger partial charge >= 0.3 is 0 Å². The van der Waals surface area contributed by atoms with Crippen LogP contribution in [0.25, 0.3) is 5.69 Å². The van der Waals surface area contributed by atoms with Crippen LogP contribution in [0.2, 0.25) is 0 Å². The minimum Gasteiger partial charge on any atom is -0.495 e. The lowest BCUT2D eigenvalue weighted by Crippen LogP contribution is -2.09. The van der Waals surface area contributed by atoms with Gasteiger partial charge in [0.2, 0.25) is 0 Å². The van der Waals surface area contributed by atoms with Crippen LogP contribution in [-0.2, 0) is 6.54 Å². The molecular weight excluding hydrogens is 266 g/mol. The number of tetrazole rings is 1. The first-order valence-electron chi connectivity index (χ1n) is 6.58. The molecule has 0 amide bonds. The van der Waals surface area contributed by atoms with E-state index in [-0.39, 0.29) is 0 Å². The molecule has 1 N–H and O–H groups in total. The minimum absolute atomic E-state index is 0.502. The van der Waals surface area contributed by atoms with Gasteiger partial charge in [-0.3, -0.25) is 0 Å². The Morgan fingerprint density at radius 1 is 1.05 bits per heavy atom. The van der Waals surface area contributed by atoms with Crippen LogP contribution in [0.3, 0.4) is 0 Å². The largest absolute Gasteiger partial charge is 0.495 e. The number of nitrogens with one attached hydrogen (secondary N) is 1. The lowest BCUT2D eigenvalue weighted by molar-refractivity contribution is 0.416. The van der Waals surface area contributed by atoms with Crippen molar-refractivity contribution in [2.24, 2.45) is 0 Å². The van der Waals surface area contributed by atoms with E-state index in [0.29, 0.717) is 6.54 Å². The fourth-order valence-corrected chi connectivity index (χ4v) is 2.05. The first-order chi connectivity index (χ1) is 10.4. The van der Waals surface area contributed by atoms with Gasteiger partial charge in [0.05, 0.1) is 25.0 Å².